The van der Waals surface area contributed by atoms with Crippen LogP contribution in [0.3, 0.4) is 0 Å². The third-order valence-corrected chi connectivity index (χ3v) is 3.28. The summed E-state index contributed by atoms with van der Waals surface area (Å²) in [5, 5.41) is 19.9. The van der Waals surface area contributed by atoms with E-state index in [1.165, 1.54) is 18.7 Å². The maximum Gasteiger partial charge on any atom is 0.293 e. The van der Waals surface area contributed by atoms with E-state index in [-0.39, 0.29) is 4.88 Å². The largest absolute Gasteiger partial charge is 0.394 e. The number of hydrogen-bond acceptors (Lipinski definition) is 7. The highest BCUT2D eigenvalue weighted by molar-refractivity contribution is 7.13. The highest BCUT2D eigenvalue weighted by atomic mass is 32.1. The van der Waals surface area contributed by atoms with Crippen molar-refractivity contribution in [3.8, 4) is 0 Å². The molecule has 2 aromatic rings. The number of nitrogens with zero attached hydrogens (tertiary/aromatic N) is 3. The molecular weight excluding hydrogens is 298 g/mol. The lowest BCUT2D eigenvalue weighted by molar-refractivity contribution is -0.125. The van der Waals surface area contributed by atoms with Crippen LogP contribution in [0.1, 0.15) is 9.67 Å². The molecule has 0 bridgehead atoms. The van der Waals surface area contributed by atoms with Crippen molar-refractivity contribution in [2.75, 3.05) is 12.0 Å². The second kappa shape index (κ2) is 6.72. The van der Waals surface area contributed by atoms with Gasteiger partial charge in [-0.15, -0.1) is 21.5 Å². The number of rotatable bonds is 6. The van der Waals surface area contributed by atoms with Gasteiger partial charge in [0.05, 0.1) is 11.5 Å². The normalized spacial score (nSPS) is 11.7. The van der Waals surface area contributed by atoms with Crippen molar-refractivity contribution in [3.63, 3.8) is 0 Å². The zero-order chi connectivity index (χ0) is 15.2. The quantitative estimate of drug-likeness (QED) is 0.453. The summed E-state index contributed by atoms with van der Waals surface area (Å²) < 4.78 is 1.15. The summed E-state index contributed by atoms with van der Waals surface area (Å²) in [5.41, 5.74) is 2.32. The van der Waals surface area contributed by atoms with Crippen LogP contribution in [-0.4, -0.2) is 50.2 Å². The van der Waals surface area contributed by atoms with Gasteiger partial charge in [0.15, 0.2) is 0 Å². The number of aromatic nitrogens is 3. The molecule has 1 atom stereocenters. The molecule has 0 saturated heterocycles. The topological polar surface area (TPSA) is 126 Å². The monoisotopic (exact) mass is 309 g/mol. The average Bonchev–Trinajstić information content (AvgIpc) is 3.16. The Hall–Kier alpha value is -2.59. The van der Waals surface area contributed by atoms with Crippen molar-refractivity contribution in [2.45, 2.75) is 6.04 Å². The van der Waals surface area contributed by atoms with Gasteiger partial charge in [0, 0.05) is 0 Å². The Labute approximate surface area is 122 Å². The third-order valence-electron chi connectivity index (χ3n) is 2.41. The molecule has 2 rings (SSSR count). The van der Waals surface area contributed by atoms with Crippen molar-refractivity contribution >= 4 is 28.9 Å². The predicted octanol–water partition coefficient (Wildman–Crippen LogP) is -1.23. The molecule has 9 nitrogen and oxygen atoms in total. The zero-order valence-corrected chi connectivity index (χ0v) is 11.4. The Morgan fingerprint density at radius 1 is 1.33 bits per heavy atom. The second-order valence-corrected chi connectivity index (χ2v) is 4.81. The van der Waals surface area contributed by atoms with Crippen molar-refractivity contribution < 1.29 is 19.5 Å². The van der Waals surface area contributed by atoms with E-state index in [4.69, 9.17) is 5.11 Å². The minimum absolute atomic E-state index is 0.253. The third kappa shape index (κ3) is 3.70. The highest BCUT2D eigenvalue weighted by Gasteiger charge is 2.25. The van der Waals surface area contributed by atoms with Crippen molar-refractivity contribution in [2.24, 2.45) is 0 Å². The average molecular weight is 309 g/mol. The Balaban J connectivity index is 1.96. The number of Topliss-reactive ketones (excluding diaryl/α,β-unsaturated/α-hetero) is 1. The predicted molar refractivity (Wildman–Crippen MR) is 72.1 cm³/mol. The number of amides is 2. The molecule has 110 valence electrons. The number of hydrogen-bond donors (Lipinski definition) is 3. The molecule has 0 saturated carbocycles. The molecule has 21 heavy (non-hydrogen) atoms. The molecule has 2 aromatic heterocycles. The van der Waals surface area contributed by atoms with Gasteiger partial charge in [0.2, 0.25) is 0 Å². The van der Waals surface area contributed by atoms with Gasteiger partial charge in [-0.2, -0.15) is 0 Å². The first kappa shape index (κ1) is 14.8. The van der Waals surface area contributed by atoms with Crippen LogP contribution < -0.4 is 10.7 Å². The minimum Gasteiger partial charge on any atom is -0.394 e. The first-order valence-electron chi connectivity index (χ1n) is 5.77. The lowest BCUT2D eigenvalue weighted by Gasteiger charge is -2.15. The number of carbonyl (C=O) groups excluding carboxylic acids is 3. The summed E-state index contributed by atoms with van der Waals surface area (Å²) >= 11 is 1.11. The van der Waals surface area contributed by atoms with E-state index >= 15 is 0 Å². The maximum absolute atomic E-state index is 11.8. The van der Waals surface area contributed by atoms with Gasteiger partial charge in [0.25, 0.3) is 17.6 Å². The summed E-state index contributed by atoms with van der Waals surface area (Å²) in [7, 11) is 0. The Morgan fingerprint density at radius 2 is 2.05 bits per heavy atom. The lowest BCUT2D eigenvalue weighted by atomic mass is 10.2. The fourth-order valence-corrected chi connectivity index (χ4v) is 2.06. The molecule has 3 N–H and O–H groups in total. The summed E-state index contributed by atoms with van der Waals surface area (Å²) in [6.45, 7) is -0.655. The van der Waals surface area contributed by atoms with Gasteiger partial charge >= 0.3 is 0 Å². The van der Waals surface area contributed by atoms with Gasteiger partial charge < -0.3 is 10.4 Å². The highest BCUT2D eigenvalue weighted by Crippen LogP contribution is 2.09. The molecule has 0 fully saturated rings. The van der Waals surface area contributed by atoms with Crippen molar-refractivity contribution in [1.82, 2.24) is 20.2 Å². The van der Waals surface area contributed by atoms with Gasteiger partial charge in [0.1, 0.15) is 18.7 Å². The molecular formula is C11H11N5O4S. The fourth-order valence-electron chi connectivity index (χ4n) is 1.40. The number of thiophene rings is 1. The van der Waals surface area contributed by atoms with Crippen LogP contribution >= 0.6 is 11.3 Å². The molecule has 0 aliphatic rings. The summed E-state index contributed by atoms with van der Waals surface area (Å²) in [4.78, 5) is 35.6. The number of ketones is 1. The van der Waals surface area contributed by atoms with Gasteiger partial charge in [-0.25, -0.2) is 4.68 Å². The van der Waals surface area contributed by atoms with Crippen LogP contribution in [0.25, 0.3) is 0 Å². The first-order chi connectivity index (χ1) is 10.1. The molecule has 0 radical (unpaired) electrons. The van der Waals surface area contributed by atoms with Crippen LogP contribution in [0.4, 0.5) is 0 Å². The van der Waals surface area contributed by atoms with E-state index in [2.05, 4.69) is 20.9 Å². The fraction of sp³-hybridized carbons (Fsp3) is 0.182. The SMILES string of the molecule is O=C(N[C@@H](CO)C(=O)Nn1cnnc1)C(=O)c1cccs1. The molecule has 2 heterocycles. The Kier molecular flexibility index (Phi) is 4.74. The minimum atomic E-state index is -1.26. The summed E-state index contributed by atoms with van der Waals surface area (Å²) in [6, 6.07) is 1.87. The molecule has 0 aromatic carbocycles. The Morgan fingerprint density at radius 3 is 2.62 bits per heavy atom. The van der Waals surface area contributed by atoms with E-state index in [0.29, 0.717) is 0 Å². The van der Waals surface area contributed by atoms with Crippen LogP contribution in [0.2, 0.25) is 0 Å². The van der Waals surface area contributed by atoms with Crippen LogP contribution in [0.5, 0.6) is 0 Å². The zero-order valence-electron chi connectivity index (χ0n) is 10.6. The summed E-state index contributed by atoms with van der Waals surface area (Å²) in [6.07, 6.45) is 2.45. The standard InChI is InChI=1S/C11H11N5O4S/c17-4-7(10(19)15-16-5-12-13-6-16)14-11(20)9(18)8-2-1-3-21-8/h1-3,5-7,17H,4H2,(H,14,20)(H,15,19)/t7-/m0/s1. The smallest absolute Gasteiger partial charge is 0.293 e. The van der Waals surface area contributed by atoms with Crippen LogP contribution in [0.15, 0.2) is 30.2 Å². The maximum atomic E-state index is 11.8. The molecule has 0 aliphatic heterocycles. The molecule has 0 unspecified atom stereocenters. The molecule has 0 spiro atoms. The van der Waals surface area contributed by atoms with Crippen LogP contribution in [0, 0.1) is 0 Å². The molecule has 2 amide bonds. The van der Waals surface area contributed by atoms with E-state index in [1.54, 1.807) is 11.4 Å². The number of nitrogens with one attached hydrogen (secondary N) is 2. The van der Waals surface area contributed by atoms with E-state index in [9.17, 15) is 14.4 Å². The first-order valence-corrected chi connectivity index (χ1v) is 6.65. The summed E-state index contributed by atoms with van der Waals surface area (Å²) in [5.74, 6) is -2.43. The lowest BCUT2D eigenvalue weighted by Crippen LogP contribution is -2.49. The van der Waals surface area contributed by atoms with Crippen molar-refractivity contribution in [1.29, 1.82) is 0 Å². The number of aliphatic hydroxyl groups is 1. The van der Waals surface area contributed by atoms with E-state index in [0.717, 1.165) is 16.0 Å². The van der Waals surface area contributed by atoms with Crippen molar-refractivity contribution in [3.05, 3.63) is 35.0 Å². The van der Waals surface area contributed by atoms with E-state index < -0.39 is 30.2 Å². The van der Waals surface area contributed by atoms with Gasteiger partial charge in [-0.3, -0.25) is 19.8 Å². The van der Waals surface area contributed by atoms with Crippen LogP contribution in [-0.2, 0) is 9.59 Å². The van der Waals surface area contributed by atoms with E-state index in [1.807, 2.05) is 0 Å². The van der Waals surface area contributed by atoms with Gasteiger partial charge in [-0.1, -0.05) is 6.07 Å². The second-order valence-electron chi connectivity index (χ2n) is 3.86. The number of aliphatic hydroxyl groups excluding tert-OH is 1. The molecule has 0 aliphatic carbocycles. The number of carbonyl (C=O) groups is 3. The Bertz CT molecular complexity index is 625. The molecule has 10 heteroatoms. The van der Waals surface area contributed by atoms with Gasteiger partial charge in [-0.05, 0) is 11.4 Å².